The molecule has 8 heteroatoms. The van der Waals surface area contributed by atoms with Gasteiger partial charge < -0.3 is 5.32 Å². The minimum atomic E-state index is -0.123. The van der Waals surface area contributed by atoms with E-state index < -0.39 is 0 Å². The van der Waals surface area contributed by atoms with Gasteiger partial charge in [0.25, 0.3) is 5.91 Å². The third-order valence-corrected chi connectivity index (χ3v) is 4.32. The van der Waals surface area contributed by atoms with Crippen molar-refractivity contribution in [3.05, 3.63) is 48.3 Å². The van der Waals surface area contributed by atoms with Crippen LogP contribution in [0.3, 0.4) is 0 Å². The van der Waals surface area contributed by atoms with Crippen molar-refractivity contribution in [2.75, 3.05) is 0 Å². The van der Waals surface area contributed by atoms with Crippen LogP contribution in [0.5, 0.6) is 0 Å². The molecule has 0 atom stereocenters. The Morgan fingerprint density at radius 2 is 1.92 bits per heavy atom. The molecule has 1 saturated carbocycles. The van der Waals surface area contributed by atoms with Gasteiger partial charge in [-0.1, -0.05) is 43.2 Å². The minimum absolute atomic E-state index is 0.123. The van der Waals surface area contributed by atoms with E-state index in [1.54, 1.807) is 16.9 Å². The number of benzene rings is 1. The van der Waals surface area contributed by atoms with Gasteiger partial charge in [-0.25, -0.2) is 4.68 Å². The molecule has 2 heterocycles. The number of carbonyl (C=O) groups is 1. The van der Waals surface area contributed by atoms with Crippen molar-refractivity contribution < 1.29 is 4.79 Å². The SMILES string of the molecule is O=C(NC1CCCC1)c1ccn(Cn2nnc(-c3ccccc3)n2)n1. The number of carbonyl (C=O) groups excluding carboxylic acids is 1. The zero-order valence-corrected chi connectivity index (χ0v) is 13.7. The van der Waals surface area contributed by atoms with E-state index in [4.69, 9.17) is 0 Å². The van der Waals surface area contributed by atoms with Gasteiger partial charge in [-0.15, -0.1) is 15.0 Å². The fourth-order valence-corrected chi connectivity index (χ4v) is 3.03. The van der Waals surface area contributed by atoms with Crippen molar-refractivity contribution in [2.24, 2.45) is 0 Å². The monoisotopic (exact) mass is 337 g/mol. The predicted molar refractivity (Wildman–Crippen MR) is 90.6 cm³/mol. The number of rotatable bonds is 5. The van der Waals surface area contributed by atoms with Crippen LogP contribution in [-0.4, -0.2) is 41.9 Å². The molecule has 0 unspecified atom stereocenters. The molecular formula is C17H19N7O. The second-order valence-electron chi connectivity index (χ2n) is 6.19. The van der Waals surface area contributed by atoms with Crippen LogP contribution in [0.25, 0.3) is 11.4 Å². The number of tetrazole rings is 1. The molecule has 1 aliphatic rings. The second-order valence-corrected chi connectivity index (χ2v) is 6.19. The minimum Gasteiger partial charge on any atom is -0.348 e. The number of nitrogens with zero attached hydrogens (tertiary/aromatic N) is 6. The first-order valence-electron chi connectivity index (χ1n) is 8.45. The van der Waals surface area contributed by atoms with E-state index >= 15 is 0 Å². The summed E-state index contributed by atoms with van der Waals surface area (Å²) in [5.41, 5.74) is 1.32. The molecular weight excluding hydrogens is 318 g/mol. The molecule has 0 bridgehead atoms. The highest BCUT2D eigenvalue weighted by Gasteiger charge is 2.19. The standard InChI is InChI=1S/C17H19N7O/c25-17(18-14-8-4-5-9-14)15-10-11-23(20-15)12-24-21-16(19-22-24)13-6-2-1-3-7-13/h1-3,6-7,10-11,14H,4-5,8-9,12H2,(H,18,25). The van der Waals surface area contributed by atoms with Gasteiger partial charge in [0.15, 0.2) is 6.67 Å². The lowest BCUT2D eigenvalue weighted by atomic mass is 10.2. The number of hydrogen-bond acceptors (Lipinski definition) is 5. The van der Waals surface area contributed by atoms with Gasteiger partial charge in [0.1, 0.15) is 5.69 Å². The lowest BCUT2D eigenvalue weighted by Gasteiger charge is -2.09. The van der Waals surface area contributed by atoms with Gasteiger partial charge in [0.05, 0.1) is 0 Å². The van der Waals surface area contributed by atoms with Crippen LogP contribution < -0.4 is 5.32 Å². The average Bonchev–Trinajstić information content (AvgIpc) is 3.38. The van der Waals surface area contributed by atoms with E-state index in [9.17, 15) is 4.79 Å². The Bertz CT molecular complexity index is 849. The molecule has 0 spiro atoms. The summed E-state index contributed by atoms with van der Waals surface area (Å²) in [6.45, 7) is 0.302. The van der Waals surface area contributed by atoms with Gasteiger partial charge in [-0.05, 0) is 24.1 Å². The zero-order valence-electron chi connectivity index (χ0n) is 13.7. The van der Waals surface area contributed by atoms with Crippen LogP contribution in [0, 0.1) is 0 Å². The maximum absolute atomic E-state index is 12.2. The molecule has 0 radical (unpaired) electrons. The Kier molecular flexibility index (Phi) is 4.24. The van der Waals surface area contributed by atoms with Crippen molar-refractivity contribution in [2.45, 2.75) is 38.4 Å². The average molecular weight is 337 g/mol. The molecule has 8 nitrogen and oxygen atoms in total. The van der Waals surface area contributed by atoms with Crippen LogP contribution >= 0.6 is 0 Å². The molecule has 1 fully saturated rings. The molecule has 4 rings (SSSR count). The highest BCUT2D eigenvalue weighted by molar-refractivity contribution is 5.92. The summed E-state index contributed by atoms with van der Waals surface area (Å²) in [5.74, 6) is 0.439. The Balaban J connectivity index is 1.41. The third kappa shape index (κ3) is 3.57. The Morgan fingerprint density at radius 3 is 2.72 bits per heavy atom. The van der Waals surface area contributed by atoms with Crippen molar-refractivity contribution in [3.63, 3.8) is 0 Å². The molecule has 3 aromatic rings. The summed E-state index contributed by atoms with van der Waals surface area (Å²) in [7, 11) is 0. The van der Waals surface area contributed by atoms with Crippen molar-refractivity contribution in [1.82, 2.24) is 35.3 Å². The van der Waals surface area contributed by atoms with Crippen molar-refractivity contribution in [1.29, 1.82) is 0 Å². The van der Waals surface area contributed by atoms with E-state index in [1.165, 1.54) is 17.6 Å². The molecule has 1 N–H and O–H groups in total. The van der Waals surface area contributed by atoms with Gasteiger partial charge in [0.2, 0.25) is 5.82 Å². The van der Waals surface area contributed by atoms with Gasteiger partial charge in [0, 0.05) is 17.8 Å². The smallest absolute Gasteiger partial charge is 0.271 e. The van der Waals surface area contributed by atoms with E-state index in [-0.39, 0.29) is 11.9 Å². The highest BCUT2D eigenvalue weighted by Crippen LogP contribution is 2.18. The largest absolute Gasteiger partial charge is 0.348 e. The van der Waals surface area contributed by atoms with Crippen LogP contribution in [0.2, 0.25) is 0 Å². The highest BCUT2D eigenvalue weighted by atomic mass is 16.2. The molecule has 128 valence electrons. The molecule has 1 amide bonds. The molecule has 1 aromatic carbocycles. The van der Waals surface area contributed by atoms with Gasteiger partial charge in [-0.3, -0.25) is 4.79 Å². The molecule has 2 aromatic heterocycles. The molecule has 0 saturated heterocycles. The number of hydrogen-bond donors (Lipinski definition) is 1. The van der Waals surface area contributed by atoms with E-state index in [0.717, 1.165) is 18.4 Å². The van der Waals surface area contributed by atoms with E-state index in [0.29, 0.717) is 18.2 Å². The summed E-state index contributed by atoms with van der Waals surface area (Å²) >= 11 is 0. The first-order valence-corrected chi connectivity index (χ1v) is 8.45. The summed E-state index contributed by atoms with van der Waals surface area (Å²) in [4.78, 5) is 13.7. The molecule has 25 heavy (non-hydrogen) atoms. The topological polar surface area (TPSA) is 90.5 Å². The fraction of sp³-hybridized carbons (Fsp3) is 0.353. The summed E-state index contributed by atoms with van der Waals surface area (Å²) in [5, 5.41) is 19.8. The maximum Gasteiger partial charge on any atom is 0.271 e. The van der Waals surface area contributed by atoms with Crippen molar-refractivity contribution in [3.8, 4) is 11.4 Å². The summed E-state index contributed by atoms with van der Waals surface area (Å²) < 4.78 is 1.63. The predicted octanol–water partition coefficient (Wildman–Crippen LogP) is 1.71. The van der Waals surface area contributed by atoms with Crippen LogP contribution in [0.15, 0.2) is 42.6 Å². The lowest BCUT2D eigenvalue weighted by Crippen LogP contribution is -2.33. The van der Waals surface area contributed by atoms with Crippen LogP contribution in [0.1, 0.15) is 36.2 Å². The Morgan fingerprint density at radius 1 is 1.12 bits per heavy atom. The van der Waals surface area contributed by atoms with E-state index in [2.05, 4.69) is 25.8 Å². The molecule has 0 aliphatic heterocycles. The zero-order chi connectivity index (χ0) is 17.1. The number of amides is 1. The van der Waals surface area contributed by atoms with Crippen molar-refractivity contribution >= 4 is 5.91 Å². The first kappa shape index (κ1) is 15.5. The first-order chi connectivity index (χ1) is 12.3. The number of nitrogens with one attached hydrogen (secondary N) is 1. The third-order valence-electron chi connectivity index (χ3n) is 4.32. The Labute approximate surface area is 144 Å². The van der Waals surface area contributed by atoms with Gasteiger partial charge >= 0.3 is 0 Å². The summed E-state index contributed by atoms with van der Waals surface area (Å²) in [6, 6.07) is 11.6. The fourth-order valence-electron chi connectivity index (χ4n) is 3.03. The van der Waals surface area contributed by atoms with Crippen LogP contribution in [0.4, 0.5) is 0 Å². The number of aromatic nitrogens is 6. The second kappa shape index (κ2) is 6.84. The maximum atomic E-state index is 12.2. The molecule has 1 aliphatic carbocycles. The lowest BCUT2D eigenvalue weighted by molar-refractivity contribution is 0.0931. The van der Waals surface area contributed by atoms with Gasteiger partial charge in [-0.2, -0.15) is 5.10 Å². The quantitative estimate of drug-likeness (QED) is 0.765. The normalized spacial score (nSPS) is 14.7. The van der Waals surface area contributed by atoms with Crippen LogP contribution in [-0.2, 0) is 6.67 Å². The van der Waals surface area contributed by atoms with E-state index in [1.807, 2.05) is 30.3 Å². The summed E-state index contributed by atoms with van der Waals surface area (Å²) in [6.07, 6.45) is 6.21. The Hall–Kier alpha value is -3.03.